The monoisotopic (exact) mass is 519 g/mol. The Bertz CT molecular complexity index is 1140. The average molecular weight is 520 g/mol. The molecule has 1 aliphatic heterocycles. The second kappa shape index (κ2) is 12.4. The van der Waals surface area contributed by atoms with E-state index in [4.69, 9.17) is 4.74 Å². The van der Waals surface area contributed by atoms with Crippen molar-refractivity contribution in [2.24, 2.45) is 11.3 Å². The summed E-state index contributed by atoms with van der Waals surface area (Å²) >= 11 is 0. The summed E-state index contributed by atoms with van der Waals surface area (Å²) in [6.45, 7) is 2.42. The van der Waals surface area contributed by atoms with E-state index in [1.165, 1.54) is 0 Å². The van der Waals surface area contributed by atoms with Gasteiger partial charge in [-0.25, -0.2) is 4.79 Å². The minimum absolute atomic E-state index is 0.0292. The van der Waals surface area contributed by atoms with Gasteiger partial charge in [-0.3, -0.25) is 14.4 Å². The Balaban J connectivity index is 1.58. The molecule has 0 aromatic heterocycles. The summed E-state index contributed by atoms with van der Waals surface area (Å²) in [5.74, 6) is -2.45. The van der Waals surface area contributed by atoms with E-state index in [0.717, 1.165) is 29.5 Å². The number of ether oxygens (including phenoxy) is 1. The van der Waals surface area contributed by atoms with Crippen LogP contribution in [-0.4, -0.2) is 52.8 Å². The molecule has 4 rings (SSSR count). The molecule has 2 aromatic rings. The molecule has 2 fully saturated rings. The normalized spacial score (nSPS) is 19.2. The molecule has 38 heavy (non-hydrogen) atoms. The largest absolute Gasteiger partial charge is 0.481 e. The minimum Gasteiger partial charge on any atom is -0.481 e. The van der Waals surface area contributed by atoms with Gasteiger partial charge in [0.2, 0.25) is 5.91 Å². The van der Waals surface area contributed by atoms with Gasteiger partial charge in [0.1, 0.15) is 11.8 Å². The summed E-state index contributed by atoms with van der Waals surface area (Å²) in [4.78, 5) is 53.3. The third kappa shape index (κ3) is 6.32. The van der Waals surface area contributed by atoms with Crippen LogP contribution in [0.5, 0.6) is 0 Å². The highest BCUT2D eigenvalue weighted by Gasteiger charge is 2.45. The zero-order valence-electron chi connectivity index (χ0n) is 22.1. The van der Waals surface area contributed by atoms with Crippen LogP contribution in [0, 0.1) is 11.3 Å². The zero-order chi connectivity index (χ0) is 27.1. The Morgan fingerprint density at radius 3 is 2.26 bits per heavy atom. The minimum atomic E-state index is -0.985. The highest BCUT2D eigenvalue weighted by molar-refractivity contribution is 5.94. The number of carboxylic acids is 1. The summed E-state index contributed by atoms with van der Waals surface area (Å²) in [5.41, 5.74) is 2.16. The smallest absolute Gasteiger partial charge is 0.328 e. The SMILES string of the molecule is CCOC(=O)[C@@H]1CCCN1C(=O)[C@@H](CC(=O)C1(CC(=O)O)CCCC1)Cc1ccc(-c2ccccc2)cc1. The van der Waals surface area contributed by atoms with Gasteiger partial charge in [-0.2, -0.15) is 0 Å². The van der Waals surface area contributed by atoms with Crippen molar-refractivity contribution in [1.29, 1.82) is 0 Å². The molecule has 0 radical (unpaired) electrons. The lowest BCUT2D eigenvalue weighted by Gasteiger charge is -2.31. The molecule has 2 atom stereocenters. The number of hydrogen-bond acceptors (Lipinski definition) is 5. The highest BCUT2D eigenvalue weighted by atomic mass is 16.5. The Hall–Kier alpha value is -3.48. The van der Waals surface area contributed by atoms with Crippen molar-refractivity contribution in [3.8, 4) is 11.1 Å². The van der Waals surface area contributed by atoms with Crippen molar-refractivity contribution in [3.05, 3.63) is 60.2 Å². The molecule has 202 valence electrons. The first-order valence-corrected chi connectivity index (χ1v) is 13.7. The van der Waals surface area contributed by atoms with Gasteiger partial charge in [0.25, 0.3) is 0 Å². The van der Waals surface area contributed by atoms with Gasteiger partial charge in [-0.1, -0.05) is 67.4 Å². The lowest BCUT2D eigenvalue weighted by Crippen LogP contribution is -2.46. The van der Waals surface area contributed by atoms with Crippen molar-refractivity contribution < 1.29 is 29.0 Å². The Morgan fingerprint density at radius 1 is 0.974 bits per heavy atom. The van der Waals surface area contributed by atoms with Crippen molar-refractivity contribution in [2.75, 3.05) is 13.2 Å². The summed E-state index contributed by atoms with van der Waals surface area (Å²) in [6.07, 6.45) is 4.07. The number of likely N-dealkylation sites (tertiary alicyclic amines) is 1. The molecule has 2 aromatic carbocycles. The Morgan fingerprint density at radius 2 is 1.63 bits per heavy atom. The molecule has 0 unspecified atom stereocenters. The molecule has 1 heterocycles. The topological polar surface area (TPSA) is 101 Å². The predicted molar refractivity (Wildman–Crippen MR) is 143 cm³/mol. The van der Waals surface area contributed by atoms with Crippen LogP contribution in [-0.2, 0) is 30.3 Å². The fraction of sp³-hybridized carbons (Fsp3) is 0.484. The van der Waals surface area contributed by atoms with Gasteiger partial charge in [0.05, 0.1) is 13.0 Å². The Kier molecular flexibility index (Phi) is 8.97. The molecule has 0 bridgehead atoms. The third-order valence-electron chi connectivity index (χ3n) is 8.06. The second-order valence-electron chi connectivity index (χ2n) is 10.6. The van der Waals surface area contributed by atoms with Gasteiger partial charge in [0, 0.05) is 24.3 Å². The number of ketones is 1. The molecule has 0 spiro atoms. The molecular formula is C31H37NO6. The van der Waals surface area contributed by atoms with Gasteiger partial charge in [-0.05, 0) is 55.7 Å². The van der Waals surface area contributed by atoms with Crippen LogP contribution < -0.4 is 0 Å². The highest BCUT2D eigenvalue weighted by Crippen LogP contribution is 2.44. The number of hydrogen-bond donors (Lipinski definition) is 1. The molecular weight excluding hydrogens is 482 g/mol. The van der Waals surface area contributed by atoms with E-state index in [0.29, 0.717) is 38.6 Å². The number of Topliss-reactive ketones (excluding diaryl/α,β-unsaturated/α-hetero) is 1. The number of rotatable bonds is 11. The number of nitrogens with zero attached hydrogens (tertiary/aromatic N) is 1. The van der Waals surface area contributed by atoms with E-state index in [2.05, 4.69) is 0 Å². The number of carbonyl (C=O) groups excluding carboxylic acids is 3. The van der Waals surface area contributed by atoms with Gasteiger partial charge in [-0.15, -0.1) is 0 Å². The number of esters is 1. The first-order valence-electron chi connectivity index (χ1n) is 13.7. The Labute approximate surface area is 224 Å². The summed E-state index contributed by atoms with van der Waals surface area (Å²) in [6, 6.07) is 17.3. The third-order valence-corrected chi connectivity index (χ3v) is 8.06. The van der Waals surface area contributed by atoms with Gasteiger partial charge in [0.15, 0.2) is 0 Å². The van der Waals surface area contributed by atoms with Crippen LogP contribution in [0.1, 0.15) is 63.9 Å². The van der Waals surface area contributed by atoms with E-state index >= 15 is 0 Å². The van der Waals surface area contributed by atoms with Crippen LogP contribution in [0.25, 0.3) is 11.1 Å². The van der Waals surface area contributed by atoms with E-state index in [-0.39, 0.29) is 31.1 Å². The van der Waals surface area contributed by atoms with Crippen LogP contribution in [0.2, 0.25) is 0 Å². The molecule has 1 amide bonds. The molecule has 1 aliphatic carbocycles. The summed E-state index contributed by atoms with van der Waals surface area (Å²) < 4.78 is 5.22. The summed E-state index contributed by atoms with van der Waals surface area (Å²) in [5, 5.41) is 9.53. The maximum Gasteiger partial charge on any atom is 0.328 e. The zero-order valence-corrected chi connectivity index (χ0v) is 22.1. The van der Waals surface area contributed by atoms with Gasteiger partial charge < -0.3 is 14.7 Å². The molecule has 1 N–H and O–H groups in total. The predicted octanol–water partition coefficient (Wildman–Crippen LogP) is 5.06. The van der Waals surface area contributed by atoms with Crippen LogP contribution >= 0.6 is 0 Å². The average Bonchev–Trinajstić information content (AvgIpc) is 3.59. The van der Waals surface area contributed by atoms with Gasteiger partial charge >= 0.3 is 11.9 Å². The van der Waals surface area contributed by atoms with E-state index in [1.807, 2.05) is 54.6 Å². The quantitative estimate of drug-likeness (QED) is 0.417. The number of amides is 1. The lowest BCUT2D eigenvalue weighted by atomic mass is 9.74. The number of carbonyl (C=O) groups is 4. The first-order chi connectivity index (χ1) is 18.3. The number of carboxylic acid groups (broad SMARTS) is 1. The van der Waals surface area contributed by atoms with Crippen LogP contribution in [0.3, 0.4) is 0 Å². The number of benzene rings is 2. The maximum atomic E-state index is 13.9. The molecule has 7 heteroatoms. The molecule has 1 saturated heterocycles. The molecule has 7 nitrogen and oxygen atoms in total. The first kappa shape index (κ1) is 27.6. The van der Waals surface area contributed by atoms with E-state index in [1.54, 1.807) is 11.8 Å². The van der Waals surface area contributed by atoms with Crippen molar-refractivity contribution >= 4 is 23.6 Å². The van der Waals surface area contributed by atoms with Crippen molar-refractivity contribution in [3.63, 3.8) is 0 Å². The standard InChI is InChI=1S/C31H37NO6/c1-2-38-30(37)26-11-8-18-32(26)29(36)25(20-27(33)31(21-28(34)35)16-6-7-17-31)19-22-12-14-24(15-13-22)23-9-4-3-5-10-23/h3-5,9-10,12-15,25-26H,2,6-8,11,16-21H2,1H3,(H,34,35)/t25-,26+/m1/s1. The molecule has 2 aliphatic rings. The van der Waals surface area contributed by atoms with Crippen molar-refractivity contribution in [1.82, 2.24) is 4.90 Å². The second-order valence-corrected chi connectivity index (χ2v) is 10.6. The fourth-order valence-corrected chi connectivity index (χ4v) is 6.08. The summed E-state index contributed by atoms with van der Waals surface area (Å²) in [7, 11) is 0. The van der Waals surface area contributed by atoms with Crippen LogP contribution in [0.15, 0.2) is 54.6 Å². The maximum absolute atomic E-state index is 13.9. The van der Waals surface area contributed by atoms with Crippen LogP contribution in [0.4, 0.5) is 0 Å². The van der Waals surface area contributed by atoms with Crippen molar-refractivity contribution in [2.45, 2.75) is 70.8 Å². The number of aliphatic carboxylic acids is 1. The van der Waals surface area contributed by atoms with E-state index < -0.39 is 29.3 Å². The molecule has 1 saturated carbocycles. The fourth-order valence-electron chi connectivity index (χ4n) is 6.08. The lowest BCUT2D eigenvalue weighted by molar-refractivity contribution is -0.155. The van der Waals surface area contributed by atoms with E-state index in [9.17, 15) is 24.3 Å².